The van der Waals surface area contributed by atoms with Gasteiger partial charge < -0.3 is 15.4 Å². The van der Waals surface area contributed by atoms with Crippen LogP contribution in [0.25, 0.3) is 22.3 Å². The molecular formula is C26H31N3O2. The minimum Gasteiger partial charge on any atom is -0.465 e. The van der Waals surface area contributed by atoms with Crippen molar-refractivity contribution in [3.05, 3.63) is 65.9 Å². The Kier molecular flexibility index (Phi) is 6.95. The van der Waals surface area contributed by atoms with Crippen molar-refractivity contribution in [2.75, 3.05) is 17.7 Å². The molecule has 0 radical (unpaired) electrons. The summed E-state index contributed by atoms with van der Waals surface area (Å²) in [4.78, 5) is 17.1. The molecule has 162 valence electrons. The Morgan fingerprint density at radius 3 is 2.06 bits per heavy atom. The van der Waals surface area contributed by atoms with Crippen LogP contribution in [0.2, 0.25) is 0 Å². The fourth-order valence-corrected chi connectivity index (χ4v) is 3.55. The van der Waals surface area contributed by atoms with Crippen LogP contribution in [0.1, 0.15) is 43.6 Å². The summed E-state index contributed by atoms with van der Waals surface area (Å²) in [5.74, 6) is 0.445. The van der Waals surface area contributed by atoms with Gasteiger partial charge in [-0.25, -0.2) is 9.78 Å². The molecule has 0 aliphatic heterocycles. The van der Waals surface area contributed by atoms with Crippen molar-refractivity contribution in [2.24, 2.45) is 0 Å². The maximum absolute atomic E-state index is 12.6. The summed E-state index contributed by atoms with van der Waals surface area (Å²) < 4.78 is 5.09. The number of esters is 1. The van der Waals surface area contributed by atoms with Gasteiger partial charge in [-0.05, 0) is 93.3 Å². The molecule has 0 bridgehead atoms. The predicted octanol–water partition coefficient (Wildman–Crippen LogP) is 6.15. The molecule has 0 aliphatic carbocycles. The number of nitrogens with zero attached hydrogens (tertiary/aromatic N) is 1. The molecule has 0 saturated carbocycles. The number of nitrogens with one attached hydrogen (secondary N) is 2. The number of pyridine rings is 1. The second-order valence-electron chi connectivity index (χ2n) is 8.31. The fraction of sp³-hybridized carbons (Fsp3) is 0.308. The lowest BCUT2D eigenvalue weighted by atomic mass is 9.91. The topological polar surface area (TPSA) is 63.2 Å². The number of anilines is 2. The van der Waals surface area contributed by atoms with Gasteiger partial charge in [0.25, 0.3) is 0 Å². The molecule has 5 heteroatoms. The Bertz CT molecular complexity index is 1040. The molecule has 0 amide bonds. The van der Waals surface area contributed by atoms with E-state index >= 15 is 0 Å². The number of aromatic nitrogens is 1. The molecule has 0 fully saturated rings. The lowest BCUT2D eigenvalue weighted by Gasteiger charge is -2.16. The molecule has 2 N–H and O–H groups in total. The van der Waals surface area contributed by atoms with Gasteiger partial charge in [-0.15, -0.1) is 0 Å². The quantitative estimate of drug-likeness (QED) is 0.451. The van der Waals surface area contributed by atoms with Crippen LogP contribution in [-0.4, -0.2) is 30.1 Å². The number of hydrogen-bond acceptors (Lipinski definition) is 5. The third-order valence-corrected chi connectivity index (χ3v) is 4.93. The van der Waals surface area contributed by atoms with Gasteiger partial charge in [-0.1, -0.05) is 12.1 Å². The molecule has 1 heterocycles. The van der Waals surface area contributed by atoms with Crippen LogP contribution in [-0.2, 0) is 4.74 Å². The number of ether oxygens (including phenoxy) is 1. The second kappa shape index (κ2) is 9.65. The van der Waals surface area contributed by atoms with Crippen LogP contribution in [0.4, 0.5) is 11.5 Å². The summed E-state index contributed by atoms with van der Waals surface area (Å²) in [6.07, 6.45) is 1.79. The third-order valence-electron chi connectivity index (χ3n) is 4.93. The zero-order valence-electron chi connectivity index (χ0n) is 19.1. The number of hydrogen-bond donors (Lipinski definition) is 2. The SMILES string of the molecule is COC(=O)c1cc(-c2ccc(NC(C)C)cc2)c(C)cc1-c1ccc(NC(C)C)nc1. The standard InChI is InChI=1S/C26H31N3O2/c1-16(2)28-21-10-7-19(8-11-21)22-14-24(26(30)31-6)23(13-18(22)5)20-9-12-25(27-15-20)29-17(3)4/h7-17,28H,1-6H3,(H,27,29). The first-order chi connectivity index (χ1) is 14.8. The van der Waals surface area contributed by atoms with Crippen molar-refractivity contribution in [3.63, 3.8) is 0 Å². The molecular weight excluding hydrogens is 386 g/mol. The first-order valence-corrected chi connectivity index (χ1v) is 10.6. The van der Waals surface area contributed by atoms with Crippen molar-refractivity contribution in [2.45, 2.75) is 46.7 Å². The second-order valence-corrected chi connectivity index (χ2v) is 8.31. The maximum Gasteiger partial charge on any atom is 0.338 e. The molecule has 1 aromatic heterocycles. The Morgan fingerprint density at radius 2 is 1.52 bits per heavy atom. The lowest BCUT2D eigenvalue weighted by molar-refractivity contribution is 0.0601. The minimum atomic E-state index is -0.362. The van der Waals surface area contributed by atoms with Crippen LogP contribution in [0.5, 0.6) is 0 Å². The number of rotatable bonds is 7. The highest BCUT2D eigenvalue weighted by atomic mass is 16.5. The third kappa shape index (κ3) is 5.43. The molecule has 3 aromatic rings. The van der Waals surface area contributed by atoms with Gasteiger partial charge in [-0.3, -0.25) is 0 Å². The van der Waals surface area contributed by atoms with E-state index in [1.54, 1.807) is 6.20 Å². The highest BCUT2D eigenvalue weighted by Gasteiger charge is 2.17. The van der Waals surface area contributed by atoms with Crippen molar-refractivity contribution in [1.29, 1.82) is 0 Å². The Morgan fingerprint density at radius 1 is 0.871 bits per heavy atom. The molecule has 0 saturated heterocycles. The van der Waals surface area contributed by atoms with Gasteiger partial charge in [0.1, 0.15) is 5.82 Å². The van der Waals surface area contributed by atoms with Gasteiger partial charge in [-0.2, -0.15) is 0 Å². The van der Waals surface area contributed by atoms with Crippen molar-refractivity contribution < 1.29 is 9.53 Å². The average Bonchev–Trinajstić information content (AvgIpc) is 2.73. The molecule has 0 atom stereocenters. The summed E-state index contributed by atoms with van der Waals surface area (Å²) in [5, 5.41) is 6.68. The van der Waals surface area contributed by atoms with E-state index in [1.165, 1.54) is 7.11 Å². The molecule has 0 unspecified atom stereocenters. The van der Waals surface area contributed by atoms with E-state index in [-0.39, 0.29) is 5.97 Å². The Balaban J connectivity index is 2.02. The summed E-state index contributed by atoms with van der Waals surface area (Å²) in [7, 11) is 1.41. The van der Waals surface area contributed by atoms with Crippen molar-refractivity contribution in [1.82, 2.24) is 4.98 Å². The first kappa shape index (κ1) is 22.3. The number of methoxy groups -OCH3 is 1. The molecule has 31 heavy (non-hydrogen) atoms. The van der Waals surface area contributed by atoms with E-state index in [1.807, 2.05) is 24.3 Å². The number of aryl methyl sites for hydroxylation is 1. The van der Waals surface area contributed by atoms with Crippen molar-refractivity contribution >= 4 is 17.5 Å². The minimum absolute atomic E-state index is 0.299. The smallest absolute Gasteiger partial charge is 0.338 e. The largest absolute Gasteiger partial charge is 0.465 e. The monoisotopic (exact) mass is 417 g/mol. The lowest BCUT2D eigenvalue weighted by Crippen LogP contribution is -2.10. The highest BCUT2D eigenvalue weighted by molar-refractivity contribution is 5.99. The first-order valence-electron chi connectivity index (χ1n) is 10.6. The van der Waals surface area contributed by atoms with Gasteiger partial charge >= 0.3 is 5.97 Å². The average molecular weight is 418 g/mol. The fourth-order valence-electron chi connectivity index (χ4n) is 3.55. The van der Waals surface area contributed by atoms with Gasteiger partial charge in [0, 0.05) is 29.5 Å². The van der Waals surface area contributed by atoms with Crippen LogP contribution in [0, 0.1) is 6.92 Å². The predicted molar refractivity (Wildman–Crippen MR) is 129 cm³/mol. The van der Waals surface area contributed by atoms with Gasteiger partial charge in [0.05, 0.1) is 12.7 Å². The Labute approximate surface area is 184 Å². The zero-order valence-corrected chi connectivity index (χ0v) is 19.1. The van der Waals surface area contributed by atoms with Crippen LogP contribution in [0.3, 0.4) is 0 Å². The van der Waals surface area contributed by atoms with Crippen molar-refractivity contribution in [3.8, 4) is 22.3 Å². The molecule has 3 rings (SSSR count). The van der Waals surface area contributed by atoms with Crippen LogP contribution in [0.15, 0.2) is 54.7 Å². The van der Waals surface area contributed by atoms with E-state index in [2.05, 4.69) is 74.5 Å². The van der Waals surface area contributed by atoms with E-state index in [4.69, 9.17) is 4.74 Å². The molecule has 0 aliphatic rings. The molecule has 2 aromatic carbocycles. The van der Waals surface area contributed by atoms with E-state index in [9.17, 15) is 4.79 Å². The van der Waals surface area contributed by atoms with Gasteiger partial charge in [0.2, 0.25) is 0 Å². The summed E-state index contributed by atoms with van der Waals surface area (Å²) in [5.41, 5.74) is 6.43. The van der Waals surface area contributed by atoms with E-state index in [0.717, 1.165) is 39.3 Å². The number of carbonyl (C=O) groups excluding carboxylic acids is 1. The summed E-state index contributed by atoms with van der Waals surface area (Å²) in [6, 6.07) is 16.8. The van der Waals surface area contributed by atoms with Gasteiger partial charge in [0.15, 0.2) is 0 Å². The molecule has 5 nitrogen and oxygen atoms in total. The Hall–Kier alpha value is -3.34. The summed E-state index contributed by atoms with van der Waals surface area (Å²) >= 11 is 0. The summed E-state index contributed by atoms with van der Waals surface area (Å²) in [6.45, 7) is 10.4. The maximum atomic E-state index is 12.6. The molecule has 0 spiro atoms. The normalized spacial score (nSPS) is 11.0. The van der Waals surface area contributed by atoms with Crippen LogP contribution >= 0.6 is 0 Å². The number of carbonyl (C=O) groups is 1. The number of benzene rings is 2. The zero-order chi connectivity index (χ0) is 22.5. The van der Waals surface area contributed by atoms with E-state index in [0.29, 0.717) is 17.6 Å². The highest BCUT2D eigenvalue weighted by Crippen LogP contribution is 2.33. The van der Waals surface area contributed by atoms with E-state index < -0.39 is 0 Å². The van der Waals surface area contributed by atoms with Crippen LogP contribution < -0.4 is 10.6 Å².